The van der Waals surface area contributed by atoms with Gasteiger partial charge in [-0.05, 0) is 58.7 Å². The van der Waals surface area contributed by atoms with Crippen molar-refractivity contribution in [2.45, 2.75) is 32.6 Å². The van der Waals surface area contributed by atoms with E-state index in [1.165, 1.54) is 31.9 Å². The molecule has 0 saturated carbocycles. The van der Waals surface area contributed by atoms with E-state index < -0.39 is 23.2 Å². The van der Waals surface area contributed by atoms with E-state index in [1.807, 2.05) is 12.1 Å². The van der Waals surface area contributed by atoms with Crippen molar-refractivity contribution in [2.24, 2.45) is 0 Å². The second-order valence-corrected chi connectivity index (χ2v) is 7.99. The fourth-order valence-electron chi connectivity index (χ4n) is 4.05. The molecule has 0 bridgehead atoms. The summed E-state index contributed by atoms with van der Waals surface area (Å²) in [5.74, 6) is -2.72. The van der Waals surface area contributed by atoms with Crippen molar-refractivity contribution in [3.63, 3.8) is 0 Å². The summed E-state index contributed by atoms with van der Waals surface area (Å²) < 4.78 is 48.2. The molecule has 0 heterocycles. The van der Waals surface area contributed by atoms with Crippen molar-refractivity contribution in [1.82, 2.24) is 0 Å². The lowest BCUT2D eigenvalue weighted by molar-refractivity contribution is 0.360. The Morgan fingerprint density at radius 3 is 2.06 bits per heavy atom. The summed E-state index contributed by atoms with van der Waals surface area (Å²) in [7, 11) is 1.19. The smallest absolute Gasteiger partial charge is 0.190 e. The highest BCUT2D eigenvalue weighted by molar-refractivity contribution is 5.91. The number of benzene rings is 4. The van der Waals surface area contributed by atoms with Crippen molar-refractivity contribution in [2.75, 3.05) is 7.11 Å². The van der Waals surface area contributed by atoms with Gasteiger partial charge in [-0.15, -0.1) is 0 Å². The fraction of sp³-hybridized carbons (Fsp3) is 0.214. The van der Waals surface area contributed by atoms with E-state index in [9.17, 15) is 8.78 Å². The molecular weight excluding hydrogens is 409 g/mol. The van der Waals surface area contributed by atoms with Gasteiger partial charge in [0.1, 0.15) is 5.82 Å². The van der Waals surface area contributed by atoms with Gasteiger partial charge in [0.2, 0.25) is 0 Å². The van der Waals surface area contributed by atoms with E-state index in [4.69, 9.17) is 4.74 Å². The van der Waals surface area contributed by atoms with Crippen LogP contribution in [0.2, 0.25) is 0 Å². The van der Waals surface area contributed by atoms with Gasteiger partial charge in [-0.2, -0.15) is 0 Å². The summed E-state index contributed by atoms with van der Waals surface area (Å²) in [4.78, 5) is 0. The summed E-state index contributed by atoms with van der Waals surface area (Å²) in [6.07, 6.45) is 4.70. The third kappa shape index (κ3) is 4.36. The first-order valence-corrected chi connectivity index (χ1v) is 10.9. The number of hydrogen-bond acceptors (Lipinski definition) is 1. The number of ether oxygens (including phenoxy) is 1. The van der Waals surface area contributed by atoms with Gasteiger partial charge in [0.25, 0.3) is 0 Å². The van der Waals surface area contributed by atoms with Gasteiger partial charge in [-0.3, -0.25) is 0 Å². The van der Waals surface area contributed by atoms with Crippen LogP contribution >= 0.6 is 0 Å². The standard InChI is InChI=1S/C28H25F3O/c1-3-4-5-6-18-7-9-19(10-8-18)20-11-13-23-21(15-20)12-14-24(27(23)31)22-16-25(29)28(32-2)26(30)17-22/h7-17H,3-6H2,1-2H3. The van der Waals surface area contributed by atoms with Crippen LogP contribution in [0, 0.1) is 17.5 Å². The fourth-order valence-corrected chi connectivity index (χ4v) is 4.05. The highest BCUT2D eigenvalue weighted by atomic mass is 19.1. The predicted octanol–water partition coefficient (Wildman–Crippen LogP) is 8.33. The lowest BCUT2D eigenvalue weighted by Gasteiger charge is -2.11. The average Bonchev–Trinajstić information content (AvgIpc) is 2.79. The molecule has 0 amide bonds. The molecule has 164 valence electrons. The van der Waals surface area contributed by atoms with Crippen LogP contribution in [0.4, 0.5) is 13.2 Å². The maximum atomic E-state index is 15.3. The molecule has 32 heavy (non-hydrogen) atoms. The van der Waals surface area contributed by atoms with Crippen LogP contribution in [0.3, 0.4) is 0 Å². The van der Waals surface area contributed by atoms with Gasteiger partial charge in [-0.25, -0.2) is 13.2 Å². The molecule has 0 saturated heterocycles. The quantitative estimate of drug-likeness (QED) is 0.266. The molecule has 0 radical (unpaired) electrons. The van der Waals surface area contributed by atoms with Crippen LogP contribution < -0.4 is 4.74 Å². The highest BCUT2D eigenvalue weighted by Gasteiger charge is 2.16. The third-order valence-electron chi connectivity index (χ3n) is 5.82. The van der Waals surface area contributed by atoms with Crippen molar-refractivity contribution in [3.05, 3.63) is 89.7 Å². The van der Waals surface area contributed by atoms with E-state index in [0.717, 1.165) is 35.1 Å². The van der Waals surface area contributed by atoms with Gasteiger partial charge in [-0.1, -0.05) is 68.3 Å². The second kappa shape index (κ2) is 9.47. The average molecular weight is 435 g/mol. The minimum Gasteiger partial charge on any atom is -0.491 e. The van der Waals surface area contributed by atoms with Gasteiger partial charge in [0.05, 0.1) is 7.11 Å². The Kier molecular flexibility index (Phi) is 6.50. The van der Waals surface area contributed by atoms with Gasteiger partial charge >= 0.3 is 0 Å². The summed E-state index contributed by atoms with van der Waals surface area (Å²) in [5.41, 5.74) is 3.64. The lowest BCUT2D eigenvalue weighted by Crippen LogP contribution is -1.95. The highest BCUT2D eigenvalue weighted by Crippen LogP contribution is 2.34. The Morgan fingerprint density at radius 2 is 1.41 bits per heavy atom. The number of hydrogen-bond donors (Lipinski definition) is 0. The molecule has 4 heteroatoms. The Hall–Kier alpha value is -3.27. The zero-order valence-corrected chi connectivity index (χ0v) is 18.2. The molecule has 0 aromatic heterocycles. The van der Waals surface area contributed by atoms with Gasteiger partial charge in [0.15, 0.2) is 17.4 Å². The number of halogens is 3. The van der Waals surface area contributed by atoms with Crippen molar-refractivity contribution < 1.29 is 17.9 Å². The number of unbranched alkanes of at least 4 members (excludes halogenated alkanes) is 2. The molecule has 4 aromatic carbocycles. The molecule has 0 aliphatic carbocycles. The first-order chi connectivity index (χ1) is 15.5. The van der Waals surface area contributed by atoms with Crippen LogP contribution in [0.1, 0.15) is 31.7 Å². The normalized spacial score (nSPS) is 11.2. The molecule has 4 rings (SSSR count). The Labute approximate surface area is 186 Å². The maximum Gasteiger partial charge on any atom is 0.190 e. The second-order valence-electron chi connectivity index (χ2n) is 7.99. The minimum absolute atomic E-state index is 0.128. The predicted molar refractivity (Wildman–Crippen MR) is 124 cm³/mol. The van der Waals surface area contributed by atoms with Crippen LogP contribution in [-0.2, 0) is 6.42 Å². The molecule has 0 N–H and O–H groups in total. The Bertz CT molecular complexity index is 1220. The van der Waals surface area contributed by atoms with Crippen LogP contribution in [0.5, 0.6) is 5.75 Å². The third-order valence-corrected chi connectivity index (χ3v) is 5.82. The van der Waals surface area contributed by atoms with Crippen molar-refractivity contribution in [3.8, 4) is 28.0 Å². The first kappa shape index (κ1) is 21.9. The minimum atomic E-state index is -0.865. The zero-order valence-electron chi connectivity index (χ0n) is 18.2. The summed E-state index contributed by atoms with van der Waals surface area (Å²) in [5, 5.41) is 1.13. The molecule has 0 unspecified atom stereocenters. The van der Waals surface area contributed by atoms with E-state index >= 15 is 4.39 Å². The largest absolute Gasteiger partial charge is 0.491 e. The van der Waals surface area contributed by atoms with Crippen LogP contribution in [0.25, 0.3) is 33.0 Å². The van der Waals surface area contributed by atoms with Gasteiger partial charge < -0.3 is 4.74 Å². The van der Waals surface area contributed by atoms with E-state index in [-0.39, 0.29) is 11.1 Å². The molecule has 0 spiro atoms. The van der Waals surface area contributed by atoms with Crippen LogP contribution in [0.15, 0.2) is 66.7 Å². The topological polar surface area (TPSA) is 9.23 Å². The monoisotopic (exact) mass is 434 g/mol. The van der Waals surface area contributed by atoms with E-state index in [0.29, 0.717) is 5.39 Å². The first-order valence-electron chi connectivity index (χ1n) is 10.9. The summed E-state index contributed by atoms with van der Waals surface area (Å²) >= 11 is 0. The molecule has 0 aliphatic heterocycles. The Balaban J connectivity index is 1.66. The molecule has 4 aromatic rings. The lowest BCUT2D eigenvalue weighted by atomic mass is 9.96. The molecule has 0 atom stereocenters. The number of methoxy groups -OCH3 is 1. The molecule has 1 nitrogen and oxygen atoms in total. The van der Waals surface area contributed by atoms with Gasteiger partial charge in [0, 0.05) is 10.9 Å². The van der Waals surface area contributed by atoms with Crippen molar-refractivity contribution >= 4 is 10.8 Å². The number of aryl methyl sites for hydroxylation is 1. The van der Waals surface area contributed by atoms with Crippen molar-refractivity contribution in [1.29, 1.82) is 0 Å². The zero-order chi connectivity index (χ0) is 22.7. The van der Waals surface area contributed by atoms with E-state index in [1.54, 1.807) is 18.2 Å². The summed E-state index contributed by atoms with van der Waals surface area (Å²) in [6, 6.07) is 19.5. The number of rotatable bonds is 7. The maximum absolute atomic E-state index is 15.3. The summed E-state index contributed by atoms with van der Waals surface area (Å²) in [6.45, 7) is 2.20. The van der Waals surface area contributed by atoms with E-state index in [2.05, 4.69) is 31.2 Å². The SMILES string of the molecule is CCCCCc1ccc(-c2ccc3c(F)c(-c4cc(F)c(OC)c(F)c4)ccc3c2)cc1. The number of fused-ring (bicyclic) bond motifs is 1. The Morgan fingerprint density at radius 1 is 0.719 bits per heavy atom. The van der Waals surface area contributed by atoms with Crippen LogP contribution in [-0.4, -0.2) is 7.11 Å². The molecule has 0 fully saturated rings. The molecule has 0 aliphatic rings. The molecular formula is C28H25F3O.